The van der Waals surface area contributed by atoms with Crippen LogP contribution in [0.2, 0.25) is 5.02 Å². The van der Waals surface area contributed by atoms with E-state index in [0.29, 0.717) is 40.9 Å². The highest BCUT2D eigenvalue weighted by Crippen LogP contribution is 2.44. The quantitative estimate of drug-likeness (QED) is 0.0803. The summed E-state index contributed by atoms with van der Waals surface area (Å²) >= 11 is 6.22. The van der Waals surface area contributed by atoms with Crippen LogP contribution in [0.1, 0.15) is 49.0 Å². The van der Waals surface area contributed by atoms with Crippen molar-refractivity contribution in [2.75, 3.05) is 63.1 Å². The molecule has 0 unspecified atom stereocenters. The molecule has 4 N–H and O–H groups in total. The highest BCUT2D eigenvalue weighted by molar-refractivity contribution is 7.92. The summed E-state index contributed by atoms with van der Waals surface area (Å²) in [5.41, 5.74) is -0.933. The van der Waals surface area contributed by atoms with E-state index >= 15 is 0 Å². The van der Waals surface area contributed by atoms with Crippen LogP contribution in [-0.2, 0) is 19.9 Å². The number of nitrogens with zero attached hydrogens (tertiary/aromatic N) is 3. The average molecular weight is 914 g/mol. The lowest BCUT2D eigenvalue weighted by Crippen LogP contribution is -2.47. The molecule has 1 aliphatic heterocycles. The zero-order valence-electron chi connectivity index (χ0n) is 34.3. The number of nitrogens with one attached hydrogen (secondary N) is 4. The van der Waals surface area contributed by atoms with Crippen molar-refractivity contribution in [2.24, 2.45) is 5.41 Å². The Morgan fingerprint density at radius 1 is 0.952 bits per heavy atom. The van der Waals surface area contributed by atoms with Gasteiger partial charge in [-0.15, -0.1) is 0 Å². The van der Waals surface area contributed by atoms with Crippen LogP contribution in [0.3, 0.4) is 0 Å². The Bertz CT molecular complexity index is 2720. The molecule has 1 aliphatic carbocycles. The lowest BCUT2D eigenvalue weighted by atomic mass is 9.72. The van der Waals surface area contributed by atoms with E-state index in [1.54, 1.807) is 37.5 Å². The number of halogens is 4. The van der Waals surface area contributed by atoms with Gasteiger partial charge < -0.3 is 25.3 Å². The van der Waals surface area contributed by atoms with Gasteiger partial charge in [-0.2, -0.15) is 13.2 Å². The summed E-state index contributed by atoms with van der Waals surface area (Å²) in [5, 5.41) is 6.77. The minimum absolute atomic E-state index is 0.0127. The fraction of sp³-hybridized carbons (Fsp3) is 0.349. The summed E-state index contributed by atoms with van der Waals surface area (Å²) in [4.78, 5) is 23.6. The zero-order valence-corrected chi connectivity index (χ0v) is 36.7. The fourth-order valence-corrected chi connectivity index (χ4v) is 9.85. The number of carbonyl (C=O) groups is 1. The molecule has 62 heavy (non-hydrogen) atoms. The van der Waals surface area contributed by atoms with Crippen molar-refractivity contribution in [3.63, 3.8) is 0 Å². The van der Waals surface area contributed by atoms with Gasteiger partial charge in [-0.1, -0.05) is 43.2 Å². The van der Waals surface area contributed by atoms with Crippen molar-refractivity contribution >= 4 is 65.3 Å². The van der Waals surface area contributed by atoms with E-state index in [1.807, 2.05) is 16.9 Å². The first kappa shape index (κ1) is 44.9. The number of pyridine rings is 1. The summed E-state index contributed by atoms with van der Waals surface area (Å²) in [6, 6.07) is 18.4. The number of piperazine rings is 1. The number of H-pyrrole nitrogens is 1. The minimum Gasteiger partial charge on any atom is -0.455 e. The second kappa shape index (κ2) is 17.9. The number of fused-ring (bicyclic) bond motifs is 1. The number of ether oxygens (including phenoxy) is 1. The highest BCUT2D eigenvalue weighted by Gasteiger charge is 2.48. The third-order valence-corrected chi connectivity index (χ3v) is 14.2. The van der Waals surface area contributed by atoms with Crippen LogP contribution in [0, 0.1) is 5.41 Å². The largest absolute Gasteiger partial charge is 0.501 e. The van der Waals surface area contributed by atoms with Crippen molar-refractivity contribution in [1.29, 1.82) is 0 Å². The number of allylic oxidation sites excluding steroid dienone is 1. The smallest absolute Gasteiger partial charge is 0.455 e. The number of carbonyl (C=O) groups excluding carboxylic acids is 1. The zero-order chi connectivity index (χ0) is 44.5. The molecule has 5 aromatic rings. The van der Waals surface area contributed by atoms with Crippen molar-refractivity contribution in [1.82, 2.24) is 24.9 Å². The molecule has 1 amide bonds. The van der Waals surface area contributed by atoms with E-state index in [9.17, 15) is 34.8 Å². The van der Waals surface area contributed by atoms with Crippen molar-refractivity contribution in [3.8, 4) is 11.5 Å². The number of amides is 1. The molecule has 2 aliphatic rings. The molecule has 3 heterocycles. The van der Waals surface area contributed by atoms with Gasteiger partial charge in [0.1, 0.15) is 22.0 Å². The van der Waals surface area contributed by atoms with Crippen molar-refractivity contribution < 1.29 is 39.5 Å². The SMILES string of the molecule is CNCCNc1ccc(S(=O)(=O)NC(=O)c2ccc(N3CCN(CC4=C(c5ccc(Cl)cc5)CC(C)(C)CC4)CC3)cc2Oc2cnc3[nH]ccc3c2)cc1S(=O)(=O)C(F)(F)F. The number of alkyl halides is 3. The second-order valence-corrected chi connectivity index (χ2v) is 20.2. The van der Waals surface area contributed by atoms with E-state index in [1.165, 1.54) is 29.0 Å². The third-order valence-electron chi connectivity index (χ3n) is 11.1. The van der Waals surface area contributed by atoms with Gasteiger partial charge in [0.15, 0.2) is 0 Å². The van der Waals surface area contributed by atoms with Crippen LogP contribution in [0.25, 0.3) is 16.6 Å². The molecule has 0 radical (unpaired) electrons. The van der Waals surface area contributed by atoms with Crippen LogP contribution in [0.4, 0.5) is 24.5 Å². The monoisotopic (exact) mass is 913 g/mol. The van der Waals surface area contributed by atoms with Crippen LogP contribution in [0.15, 0.2) is 101 Å². The molecule has 0 bridgehead atoms. The lowest BCUT2D eigenvalue weighted by Gasteiger charge is -2.39. The number of sulfonamides is 1. The molecule has 0 saturated carbocycles. The molecule has 330 valence electrons. The molecule has 0 spiro atoms. The number of hydrogen-bond donors (Lipinski definition) is 4. The fourth-order valence-electron chi connectivity index (χ4n) is 7.70. The van der Waals surface area contributed by atoms with Gasteiger partial charge in [0.25, 0.3) is 25.8 Å². The number of rotatable bonds is 14. The standard InChI is InChI=1S/C43H47ClF3N7O6S2/c1-42(2)14-12-30(36(25-42)28-4-6-31(44)7-5-28)27-53-18-20-54(21-19-53)32-8-10-35(38(23-32)60-33-22-29-13-15-50-40(29)51-26-33)41(55)52-62(58,59)34-9-11-37(49-17-16-48-3)39(24-34)61(56,57)43(45,46)47/h4-11,13,15,22-24,26,48-49H,12,14,16-21,25,27H2,1-3H3,(H,50,51)(H,52,55). The molecule has 7 rings (SSSR count). The topological polar surface area (TPSA) is 166 Å². The minimum atomic E-state index is -6.01. The Balaban J connectivity index is 1.14. The first-order valence-electron chi connectivity index (χ1n) is 19.9. The Morgan fingerprint density at radius 2 is 1.69 bits per heavy atom. The van der Waals surface area contributed by atoms with E-state index in [-0.39, 0.29) is 35.6 Å². The van der Waals surface area contributed by atoms with E-state index in [4.69, 9.17) is 16.3 Å². The number of benzene rings is 3. The summed E-state index contributed by atoms with van der Waals surface area (Å²) in [6.45, 7) is 8.52. The normalized spacial score (nSPS) is 16.4. The lowest BCUT2D eigenvalue weighted by molar-refractivity contribution is -0.0435. The van der Waals surface area contributed by atoms with Gasteiger partial charge in [-0.05, 0) is 97.5 Å². The van der Waals surface area contributed by atoms with E-state index in [2.05, 4.69) is 56.4 Å². The van der Waals surface area contributed by atoms with Crippen LogP contribution in [-0.4, -0.2) is 96.0 Å². The van der Waals surface area contributed by atoms with Crippen LogP contribution in [0.5, 0.6) is 11.5 Å². The van der Waals surface area contributed by atoms with Gasteiger partial charge in [-0.25, -0.2) is 26.5 Å². The van der Waals surface area contributed by atoms with Gasteiger partial charge in [-0.3, -0.25) is 9.69 Å². The molecule has 13 nitrogen and oxygen atoms in total. The van der Waals surface area contributed by atoms with Crippen molar-refractivity contribution in [3.05, 3.63) is 107 Å². The van der Waals surface area contributed by atoms with E-state index in [0.717, 1.165) is 51.0 Å². The Labute approximate surface area is 363 Å². The molecular weight excluding hydrogens is 867 g/mol. The molecule has 2 aromatic heterocycles. The Morgan fingerprint density at radius 3 is 2.40 bits per heavy atom. The molecule has 1 saturated heterocycles. The average Bonchev–Trinajstić information content (AvgIpc) is 3.70. The maximum atomic E-state index is 13.9. The van der Waals surface area contributed by atoms with E-state index < -0.39 is 46.8 Å². The predicted octanol–water partition coefficient (Wildman–Crippen LogP) is 7.84. The number of hydrogen-bond acceptors (Lipinski definition) is 11. The van der Waals surface area contributed by atoms with Crippen LogP contribution < -0.4 is 25.0 Å². The maximum absolute atomic E-state index is 13.9. The number of anilines is 2. The first-order valence-corrected chi connectivity index (χ1v) is 23.3. The summed E-state index contributed by atoms with van der Waals surface area (Å²) in [5.74, 6) is -0.926. The molecular formula is C43H47ClF3N7O6S2. The predicted molar refractivity (Wildman–Crippen MR) is 234 cm³/mol. The number of likely N-dealkylation sites (N-methyl/N-ethyl adjacent to an activating group) is 1. The molecule has 3 aromatic carbocycles. The van der Waals surface area contributed by atoms with Gasteiger partial charge in [0.05, 0.1) is 22.3 Å². The summed E-state index contributed by atoms with van der Waals surface area (Å²) in [6.07, 6.45) is 6.21. The van der Waals surface area contributed by atoms with Gasteiger partial charge in [0, 0.05) is 74.2 Å². The molecule has 19 heteroatoms. The molecule has 1 fully saturated rings. The maximum Gasteiger partial charge on any atom is 0.501 e. The third kappa shape index (κ3) is 10.0. The Kier molecular flexibility index (Phi) is 13.0. The van der Waals surface area contributed by atoms with Crippen LogP contribution >= 0.6 is 11.6 Å². The summed E-state index contributed by atoms with van der Waals surface area (Å²) in [7, 11) is -9.36. The van der Waals surface area contributed by atoms with Crippen molar-refractivity contribution in [2.45, 2.75) is 48.4 Å². The molecule has 0 atom stereocenters. The number of aromatic amines is 1. The number of aromatic nitrogens is 2. The number of sulfone groups is 1. The summed E-state index contributed by atoms with van der Waals surface area (Å²) < 4.78 is 102. The van der Waals surface area contributed by atoms with Gasteiger partial charge in [0.2, 0.25) is 0 Å². The second-order valence-electron chi connectivity index (χ2n) is 16.1. The highest BCUT2D eigenvalue weighted by atomic mass is 35.5. The first-order chi connectivity index (χ1) is 29.3. The van der Waals surface area contributed by atoms with Gasteiger partial charge >= 0.3 is 5.51 Å². The Hall–Kier alpha value is -5.14.